The van der Waals surface area contributed by atoms with Gasteiger partial charge in [0, 0.05) is 23.7 Å². The summed E-state index contributed by atoms with van der Waals surface area (Å²) in [7, 11) is 0. The summed E-state index contributed by atoms with van der Waals surface area (Å²) in [6, 6.07) is 7.27. The van der Waals surface area contributed by atoms with Gasteiger partial charge in [-0.05, 0) is 43.4 Å². The summed E-state index contributed by atoms with van der Waals surface area (Å²) in [6.07, 6.45) is 3.37. The van der Waals surface area contributed by atoms with Gasteiger partial charge in [0.05, 0.1) is 11.3 Å². The predicted octanol–water partition coefficient (Wildman–Crippen LogP) is 2.69. The zero-order chi connectivity index (χ0) is 11.5. The molecule has 2 rings (SSSR count). The van der Waals surface area contributed by atoms with E-state index in [1.807, 2.05) is 25.1 Å². The van der Waals surface area contributed by atoms with Crippen LogP contribution in [0.2, 0.25) is 0 Å². The van der Waals surface area contributed by atoms with Gasteiger partial charge >= 0.3 is 0 Å². The highest BCUT2D eigenvalue weighted by Gasteiger charge is 2.10. The minimum Gasteiger partial charge on any atom is -0.498 e. The lowest BCUT2D eigenvalue weighted by atomic mass is 10.1. The van der Waals surface area contributed by atoms with E-state index in [2.05, 4.69) is 9.97 Å². The fourth-order valence-electron chi connectivity index (χ4n) is 1.46. The lowest BCUT2D eigenvalue weighted by molar-refractivity contribution is 0.571. The number of rotatable bonds is 2. The molecule has 16 heavy (non-hydrogen) atoms. The molecule has 0 aliphatic heterocycles. The van der Waals surface area contributed by atoms with Crippen molar-refractivity contribution in [2.45, 2.75) is 6.92 Å². The highest BCUT2D eigenvalue weighted by Crippen LogP contribution is 2.21. The molecule has 0 radical (unpaired) electrons. The monoisotopic (exact) mass is 230 g/mol. The number of hydrogen-bond donors (Lipinski definition) is 1. The molecule has 0 amide bonds. The molecule has 0 aliphatic carbocycles. The van der Waals surface area contributed by atoms with E-state index >= 15 is 0 Å². The van der Waals surface area contributed by atoms with Crippen molar-refractivity contribution in [2.75, 3.05) is 0 Å². The molecule has 2 aromatic heterocycles. The molecule has 0 aromatic carbocycles. The molecular formula is C12H10N2OS. The van der Waals surface area contributed by atoms with Gasteiger partial charge in [-0.3, -0.25) is 9.97 Å². The van der Waals surface area contributed by atoms with E-state index in [4.69, 9.17) is 12.2 Å². The number of thiocarbonyl (C=S) groups is 1. The molecule has 2 heterocycles. The van der Waals surface area contributed by atoms with E-state index in [-0.39, 0.29) is 5.05 Å². The Morgan fingerprint density at radius 2 is 1.88 bits per heavy atom. The number of pyridine rings is 2. The highest BCUT2D eigenvalue weighted by atomic mass is 32.1. The quantitative estimate of drug-likeness (QED) is 0.806. The highest BCUT2D eigenvalue weighted by molar-refractivity contribution is 7.80. The fraction of sp³-hybridized carbons (Fsp3) is 0.0833. The fourth-order valence-corrected chi connectivity index (χ4v) is 1.62. The van der Waals surface area contributed by atoms with E-state index in [1.54, 1.807) is 18.5 Å². The standard InChI is InChI=1S/C12H10N2OS/c1-8-2-3-10(12(15)16)11(14-8)9-4-6-13-7-5-9/h2-7H,1H3,(H,15,16). The summed E-state index contributed by atoms with van der Waals surface area (Å²) in [5, 5.41) is 9.29. The molecule has 0 atom stereocenters. The second kappa shape index (κ2) is 4.37. The lowest BCUT2D eigenvalue weighted by Gasteiger charge is -2.07. The van der Waals surface area contributed by atoms with Crippen molar-refractivity contribution in [2.24, 2.45) is 0 Å². The number of hydrogen-bond acceptors (Lipinski definition) is 3. The third-order valence-corrected chi connectivity index (χ3v) is 2.44. The van der Waals surface area contributed by atoms with E-state index < -0.39 is 0 Å². The van der Waals surface area contributed by atoms with Crippen molar-refractivity contribution in [1.29, 1.82) is 0 Å². The Morgan fingerprint density at radius 1 is 1.19 bits per heavy atom. The normalized spacial score (nSPS) is 10.1. The first-order chi connectivity index (χ1) is 7.68. The van der Waals surface area contributed by atoms with Crippen LogP contribution in [0.15, 0.2) is 36.7 Å². The smallest absolute Gasteiger partial charge is 0.190 e. The van der Waals surface area contributed by atoms with Gasteiger partial charge in [-0.15, -0.1) is 0 Å². The lowest BCUT2D eigenvalue weighted by Crippen LogP contribution is -2.01. The molecule has 0 saturated heterocycles. The van der Waals surface area contributed by atoms with E-state index in [1.165, 1.54) is 0 Å². The Kier molecular flexibility index (Phi) is 2.92. The van der Waals surface area contributed by atoms with Gasteiger partial charge in [0.2, 0.25) is 0 Å². The Hall–Kier alpha value is -1.81. The van der Waals surface area contributed by atoms with Crippen LogP contribution in [-0.2, 0) is 0 Å². The Labute approximate surface area is 98.8 Å². The van der Waals surface area contributed by atoms with Crippen LogP contribution in [0.5, 0.6) is 0 Å². The molecule has 80 valence electrons. The van der Waals surface area contributed by atoms with Crippen LogP contribution in [0, 0.1) is 6.92 Å². The van der Waals surface area contributed by atoms with E-state index in [0.717, 1.165) is 11.3 Å². The number of aryl methyl sites for hydroxylation is 1. The topological polar surface area (TPSA) is 46.0 Å². The van der Waals surface area contributed by atoms with Crippen molar-refractivity contribution >= 4 is 17.3 Å². The molecule has 2 aromatic rings. The summed E-state index contributed by atoms with van der Waals surface area (Å²) in [6.45, 7) is 1.90. The van der Waals surface area contributed by atoms with Gasteiger partial charge in [-0.2, -0.15) is 0 Å². The Morgan fingerprint density at radius 3 is 2.50 bits per heavy atom. The van der Waals surface area contributed by atoms with Crippen molar-refractivity contribution in [3.05, 3.63) is 47.9 Å². The summed E-state index contributed by atoms with van der Waals surface area (Å²) in [5.41, 5.74) is 3.04. The Bertz CT molecular complexity index is 526. The average molecular weight is 230 g/mol. The number of nitrogens with zero attached hydrogens (tertiary/aromatic N) is 2. The van der Waals surface area contributed by atoms with Gasteiger partial charge in [0.15, 0.2) is 5.05 Å². The van der Waals surface area contributed by atoms with Crippen LogP contribution >= 0.6 is 12.2 Å². The van der Waals surface area contributed by atoms with Crippen molar-refractivity contribution in [3.63, 3.8) is 0 Å². The SMILES string of the molecule is Cc1ccc(C(O)=S)c(-c2ccncc2)n1. The van der Waals surface area contributed by atoms with E-state index in [0.29, 0.717) is 11.3 Å². The van der Waals surface area contributed by atoms with Gasteiger partial charge in [0.1, 0.15) is 0 Å². The minimum absolute atomic E-state index is 0.140. The van der Waals surface area contributed by atoms with Gasteiger partial charge in [0.25, 0.3) is 0 Å². The zero-order valence-electron chi connectivity index (χ0n) is 8.71. The number of aliphatic hydroxyl groups excluding tert-OH is 1. The third-order valence-electron chi connectivity index (χ3n) is 2.22. The third kappa shape index (κ3) is 2.06. The molecule has 0 spiro atoms. The van der Waals surface area contributed by atoms with Crippen LogP contribution in [0.1, 0.15) is 11.3 Å². The van der Waals surface area contributed by atoms with Gasteiger partial charge < -0.3 is 5.11 Å². The first-order valence-corrected chi connectivity index (χ1v) is 5.20. The zero-order valence-corrected chi connectivity index (χ0v) is 9.53. The summed E-state index contributed by atoms with van der Waals surface area (Å²) in [4.78, 5) is 8.33. The molecule has 3 nitrogen and oxygen atoms in total. The first kappa shape index (κ1) is 10.7. The van der Waals surface area contributed by atoms with E-state index in [9.17, 15) is 5.11 Å². The maximum atomic E-state index is 9.43. The number of aromatic nitrogens is 2. The minimum atomic E-state index is -0.140. The van der Waals surface area contributed by atoms with Crippen molar-refractivity contribution in [1.82, 2.24) is 9.97 Å². The maximum Gasteiger partial charge on any atom is 0.190 e. The molecule has 0 fully saturated rings. The average Bonchev–Trinajstić information content (AvgIpc) is 2.29. The molecular weight excluding hydrogens is 220 g/mol. The summed E-state index contributed by atoms with van der Waals surface area (Å²) < 4.78 is 0. The molecule has 1 N–H and O–H groups in total. The summed E-state index contributed by atoms with van der Waals surface area (Å²) in [5.74, 6) is 0. The van der Waals surface area contributed by atoms with Gasteiger partial charge in [-0.1, -0.05) is 0 Å². The largest absolute Gasteiger partial charge is 0.498 e. The maximum absolute atomic E-state index is 9.43. The van der Waals surface area contributed by atoms with Crippen molar-refractivity contribution in [3.8, 4) is 11.3 Å². The molecule has 4 heteroatoms. The second-order valence-corrected chi connectivity index (χ2v) is 3.78. The Balaban J connectivity index is 2.63. The number of aliphatic hydroxyl groups is 1. The van der Waals surface area contributed by atoms with Crippen LogP contribution in [0.4, 0.5) is 0 Å². The summed E-state index contributed by atoms with van der Waals surface area (Å²) >= 11 is 4.79. The molecule has 0 saturated carbocycles. The molecule has 0 bridgehead atoms. The second-order valence-electron chi connectivity index (χ2n) is 3.39. The first-order valence-electron chi connectivity index (χ1n) is 4.80. The van der Waals surface area contributed by atoms with Crippen LogP contribution in [0.3, 0.4) is 0 Å². The van der Waals surface area contributed by atoms with Crippen molar-refractivity contribution < 1.29 is 5.11 Å². The molecule has 0 unspecified atom stereocenters. The predicted molar refractivity (Wildman–Crippen MR) is 66.5 cm³/mol. The van der Waals surface area contributed by atoms with Crippen LogP contribution in [0.25, 0.3) is 11.3 Å². The molecule has 0 aliphatic rings. The van der Waals surface area contributed by atoms with Crippen LogP contribution < -0.4 is 0 Å². The van der Waals surface area contributed by atoms with Crippen LogP contribution in [-0.4, -0.2) is 20.1 Å². The van der Waals surface area contributed by atoms with Gasteiger partial charge in [-0.25, -0.2) is 0 Å².